The van der Waals surface area contributed by atoms with E-state index in [1.54, 1.807) is 24.4 Å². The third-order valence-corrected chi connectivity index (χ3v) is 4.09. The van der Waals surface area contributed by atoms with Crippen molar-refractivity contribution < 1.29 is 28.5 Å². The Bertz CT molecular complexity index is 986. The number of aromatic amines is 1. The van der Waals surface area contributed by atoms with Gasteiger partial charge in [0.05, 0.1) is 26.9 Å². The van der Waals surface area contributed by atoms with Gasteiger partial charge >= 0.3 is 5.97 Å². The fraction of sp³-hybridized carbons (Fsp3) is 0.200. The standard InChI is InChI=1S/C20H20N2O6/c1-25-16-8-12(9-17(26-2)19(16)27-3)22-18(23)11-28-20(24)14-10-21-15-7-5-4-6-13(14)15/h4-10,21H,11H2,1-3H3,(H,22,23). The van der Waals surface area contributed by atoms with E-state index in [2.05, 4.69) is 10.3 Å². The van der Waals surface area contributed by atoms with E-state index in [1.165, 1.54) is 21.3 Å². The molecule has 0 aliphatic carbocycles. The van der Waals surface area contributed by atoms with E-state index in [0.717, 1.165) is 10.9 Å². The molecule has 0 aliphatic rings. The molecule has 28 heavy (non-hydrogen) atoms. The van der Waals surface area contributed by atoms with Crippen molar-refractivity contribution in [1.29, 1.82) is 0 Å². The number of fused-ring (bicyclic) bond motifs is 1. The molecule has 0 saturated heterocycles. The second kappa shape index (κ2) is 8.34. The Kier molecular flexibility index (Phi) is 5.69. The molecule has 8 heteroatoms. The zero-order chi connectivity index (χ0) is 20.1. The van der Waals surface area contributed by atoms with Crippen molar-refractivity contribution in [3.05, 3.63) is 48.2 Å². The van der Waals surface area contributed by atoms with Gasteiger partial charge in [-0.2, -0.15) is 0 Å². The van der Waals surface area contributed by atoms with Crippen LogP contribution in [0.1, 0.15) is 10.4 Å². The van der Waals surface area contributed by atoms with Crippen LogP contribution in [0.4, 0.5) is 5.69 Å². The minimum absolute atomic E-state index is 0.371. The smallest absolute Gasteiger partial charge is 0.340 e. The first-order chi connectivity index (χ1) is 13.6. The molecule has 0 saturated carbocycles. The van der Waals surface area contributed by atoms with Crippen LogP contribution in [0.2, 0.25) is 0 Å². The summed E-state index contributed by atoms with van der Waals surface area (Å²) in [6.07, 6.45) is 1.56. The molecule has 1 amide bonds. The largest absolute Gasteiger partial charge is 0.493 e. The number of methoxy groups -OCH3 is 3. The molecule has 0 aliphatic heterocycles. The average molecular weight is 384 g/mol. The van der Waals surface area contributed by atoms with E-state index in [0.29, 0.717) is 28.5 Å². The summed E-state index contributed by atoms with van der Waals surface area (Å²) < 4.78 is 20.9. The monoisotopic (exact) mass is 384 g/mol. The number of anilines is 1. The van der Waals surface area contributed by atoms with Crippen molar-refractivity contribution in [3.63, 3.8) is 0 Å². The second-order valence-corrected chi connectivity index (χ2v) is 5.79. The van der Waals surface area contributed by atoms with Gasteiger partial charge < -0.3 is 29.2 Å². The highest BCUT2D eigenvalue weighted by Crippen LogP contribution is 2.39. The van der Waals surface area contributed by atoms with Crippen molar-refractivity contribution in [3.8, 4) is 17.2 Å². The molecule has 3 aromatic rings. The summed E-state index contributed by atoms with van der Waals surface area (Å²) in [5.74, 6) is 0.120. The van der Waals surface area contributed by atoms with Crippen LogP contribution in [0.25, 0.3) is 10.9 Å². The first-order valence-corrected chi connectivity index (χ1v) is 8.40. The fourth-order valence-corrected chi connectivity index (χ4v) is 2.80. The SMILES string of the molecule is COc1cc(NC(=O)COC(=O)c2c[nH]c3ccccc23)cc(OC)c1OC. The number of carbonyl (C=O) groups is 2. The van der Waals surface area contributed by atoms with Gasteiger partial charge in [0.2, 0.25) is 5.75 Å². The molecule has 2 N–H and O–H groups in total. The van der Waals surface area contributed by atoms with Crippen molar-refractivity contribution in [2.45, 2.75) is 0 Å². The molecular formula is C20H20N2O6. The van der Waals surface area contributed by atoms with E-state index in [1.807, 2.05) is 18.2 Å². The number of rotatable bonds is 7. The number of ether oxygens (including phenoxy) is 4. The van der Waals surface area contributed by atoms with E-state index in [4.69, 9.17) is 18.9 Å². The van der Waals surface area contributed by atoms with Crippen LogP contribution in [-0.2, 0) is 9.53 Å². The summed E-state index contributed by atoms with van der Waals surface area (Å²) in [4.78, 5) is 27.5. The van der Waals surface area contributed by atoms with Crippen LogP contribution < -0.4 is 19.5 Å². The highest BCUT2D eigenvalue weighted by atomic mass is 16.5. The molecule has 0 atom stereocenters. The van der Waals surface area contributed by atoms with Crippen molar-refractivity contribution >= 4 is 28.5 Å². The van der Waals surface area contributed by atoms with Crippen LogP contribution in [0.15, 0.2) is 42.6 Å². The summed E-state index contributed by atoms with van der Waals surface area (Å²) in [5.41, 5.74) is 1.61. The van der Waals surface area contributed by atoms with Crippen LogP contribution in [0, 0.1) is 0 Å². The number of esters is 1. The third kappa shape index (κ3) is 3.85. The van der Waals surface area contributed by atoms with Crippen LogP contribution in [0.5, 0.6) is 17.2 Å². The summed E-state index contributed by atoms with van der Waals surface area (Å²) in [6.45, 7) is -0.436. The van der Waals surface area contributed by atoms with Crippen LogP contribution in [-0.4, -0.2) is 44.8 Å². The number of hydrogen-bond acceptors (Lipinski definition) is 6. The second-order valence-electron chi connectivity index (χ2n) is 5.79. The molecule has 8 nitrogen and oxygen atoms in total. The number of nitrogens with one attached hydrogen (secondary N) is 2. The third-order valence-electron chi connectivity index (χ3n) is 4.09. The van der Waals surface area contributed by atoms with Crippen LogP contribution >= 0.6 is 0 Å². The number of aromatic nitrogens is 1. The van der Waals surface area contributed by atoms with Gasteiger partial charge in [0, 0.05) is 34.9 Å². The summed E-state index contributed by atoms with van der Waals surface area (Å²) in [7, 11) is 4.44. The normalized spacial score (nSPS) is 10.4. The topological polar surface area (TPSA) is 98.9 Å². The minimum Gasteiger partial charge on any atom is -0.493 e. The lowest BCUT2D eigenvalue weighted by Crippen LogP contribution is -2.21. The molecule has 1 heterocycles. The molecule has 1 aromatic heterocycles. The predicted molar refractivity (Wildman–Crippen MR) is 103 cm³/mol. The molecule has 2 aromatic carbocycles. The Hall–Kier alpha value is -3.68. The fourth-order valence-electron chi connectivity index (χ4n) is 2.80. The summed E-state index contributed by atoms with van der Waals surface area (Å²) in [5, 5.41) is 3.37. The zero-order valence-corrected chi connectivity index (χ0v) is 15.7. The number of hydrogen-bond donors (Lipinski definition) is 2. The number of carbonyl (C=O) groups excluding carboxylic acids is 2. The first kappa shape index (κ1) is 19.1. The quantitative estimate of drug-likeness (QED) is 0.608. The maximum absolute atomic E-state index is 12.3. The lowest BCUT2D eigenvalue weighted by Gasteiger charge is -2.14. The Morgan fingerprint density at radius 3 is 2.32 bits per heavy atom. The van der Waals surface area contributed by atoms with Gasteiger partial charge in [0.15, 0.2) is 18.1 Å². The lowest BCUT2D eigenvalue weighted by atomic mass is 10.2. The highest BCUT2D eigenvalue weighted by Gasteiger charge is 2.17. The Balaban J connectivity index is 1.66. The van der Waals surface area contributed by atoms with Gasteiger partial charge in [-0.05, 0) is 6.07 Å². The highest BCUT2D eigenvalue weighted by molar-refractivity contribution is 6.05. The Morgan fingerprint density at radius 1 is 1.00 bits per heavy atom. The maximum atomic E-state index is 12.3. The summed E-state index contributed by atoms with van der Waals surface area (Å²) >= 11 is 0. The number of H-pyrrole nitrogens is 1. The van der Waals surface area contributed by atoms with Crippen molar-refractivity contribution in [1.82, 2.24) is 4.98 Å². The average Bonchev–Trinajstić information content (AvgIpc) is 3.15. The lowest BCUT2D eigenvalue weighted by molar-refractivity contribution is -0.119. The van der Waals surface area contributed by atoms with Crippen LogP contribution in [0.3, 0.4) is 0 Å². The molecule has 0 unspecified atom stereocenters. The van der Waals surface area contributed by atoms with Gasteiger partial charge in [-0.1, -0.05) is 18.2 Å². The van der Waals surface area contributed by atoms with E-state index in [9.17, 15) is 9.59 Å². The molecule has 0 fully saturated rings. The number of amides is 1. The van der Waals surface area contributed by atoms with Gasteiger partial charge in [0.25, 0.3) is 5.91 Å². The van der Waals surface area contributed by atoms with Crippen molar-refractivity contribution in [2.24, 2.45) is 0 Å². The summed E-state index contributed by atoms with van der Waals surface area (Å²) in [6, 6.07) is 10.5. The van der Waals surface area contributed by atoms with Gasteiger partial charge in [0.1, 0.15) is 0 Å². The molecular weight excluding hydrogens is 364 g/mol. The number of benzene rings is 2. The maximum Gasteiger partial charge on any atom is 0.340 e. The van der Waals surface area contributed by atoms with E-state index < -0.39 is 18.5 Å². The first-order valence-electron chi connectivity index (χ1n) is 8.40. The molecule has 3 rings (SSSR count). The predicted octanol–water partition coefficient (Wildman–Crippen LogP) is 2.99. The van der Waals surface area contributed by atoms with Gasteiger partial charge in [-0.25, -0.2) is 4.79 Å². The molecule has 146 valence electrons. The zero-order valence-electron chi connectivity index (χ0n) is 15.7. The molecule has 0 bridgehead atoms. The minimum atomic E-state index is -0.586. The van der Waals surface area contributed by atoms with Gasteiger partial charge in [-0.15, -0.1) is 0 Å². The number of para-hydroxylation sites is 1. The Morgan fingerprint density at radius 2 is 1.68 bits per heavy atom. The van der Waals surface area contributed by atoms with E-state index in [-0.39, 0.29) is 0 Å². The van der Waals surface area contributed by atoms with Crippen molar-refractivity contribution in [2.75, 3.05) is 33.3 Å². The molecule has 0 spiro atoms. The van der Waals surface area contributed by atoms with E-state index >= 15 is 0 Å². The Labute approximate surface area is 161 Å². The molecule has 0 radical (unpaired) electrons. The van der Waals surface area contributed by atoms with Gasteiger partial charge in [-0.3, -0.25) is 4.79 Å².